The third-order valence-corrected chi connectivity index (χ3v) is 6.09. The van der Waals surface area contributed by atoms with Gasteiger partial charge in [0.1, 0.15) is 0 Å². The van der Waals surface area contributed by atoms with E-state index in [9.17, 15) is 0 Å². The molecule has 0 unspecified atom stereocenters. The molecule has 4 rings (SSSR count). The number of aliphatic imine (C=N–C) groups is 1. The monoisotopic (exact) mass is 498 g/mol. The van der Waals surface area contributed by atoms with Crippen LogP contribution in [0.2, 0.25) is 0 Å². The number of hydrogen-bond acceptors (Lipinski definition) is 8. The molecule has 2 aliphatic rings. The van der Waals surface area contributed by atoms with E-state index in [0.29, 0.717) is 17.0 Å². The summed E-state index contributed by atoms with van der Waals surface area (Å²) in [7, 11) is 0. The highest BCUT2D eigenvalue weighted by molar-refractivity contribution is 7.80. The zero-order valence-electron chi connectivity index (χ0n) is 20.5. The van der Waals surface area contributed by atoms with Gasteiger partial charge in [-0.1, -0.05) is 0 Å². The van der Waals surface area contributed by atoms with Crippen molar-refractivity contribution >= 4 is 35.2 Å². The topological polar surface area (TPSA) is 107 Å². The van der Waals surface area contributed by atoms with E-state index < -0.39 is 0 Å². The highest BCUT2D eigenvalue weighted by atomic mass is 32.1. The van der Waals surface area contributed by atoms with Gasteiger partial charge in [-0.05, 0) is 51.2 Å². The number of guanidine groups is 1. The van der Waals surface area contributed by atoms with E-state index in [4.69, 9.17) is 21.9 Å². The summed E-state index contributed by atoms with van der Waals surface area (Å²) in [6, 6.07) is 3.77. The Morgan fingerprint density at radius 3 is 2.40 bits per heavy atom. The molecular formula is C23H34N10OS. The van der Waals surface area contributed by atoms with Crippen LogP contribution in [0.3, 0.4) is 0 Å². The van der Waals surface area contributed by atoms with Gasteiger partial charge < -0.3 is 19.9 Å². The van der Waals surface area contributed by atoms with E-state index >= 15 is 0 Å². The average Bonchev–Trinajstić information content (AvgIpc) is 2.87. The minimum absolute atomic E-state index is 0.452. The van der Waals surface area contributed by atoms with Crippen molar-refractivity contribution in [1.82, 2.24) is 35.1 Å². The van der Waals surface area contributed by atoms with E-state index in [-0.39, 0.29) is 0 Å². The predicted molar refractivity (Wildman–Crippen MR) is 141 cm³/mol. The molecule has 2 saturated heterocycles. The number of nitrogens with zero attached hydrogens (tertiary/aromatic N) is 8. The first-order chi connectivity index (χ1) is 17.1. The summed E-state index contributed by atoms with van der Waals surface area (Å²) in [5.74, 6) is 1.91. The second-order valence-corrected chi connectivity index (χ2v) is 8.98. The summed E-state index contributed by atoms with van der Waals surface area (Å²) in [6.45, 7) is 12.4. The fourth-order valence-electron chi connectivity index (χ4n) is 4.09. The molecule has 2 fully saturated rings. The Morgan fingerprint density at radius 2 is 1.71 bits per heavy atom. The lowest BCUT2D eigenvalue weighted by molar-refractivity contribution is 0.0376. The molecule has 2 aromatic rings. The molecule has 0 amide bonds. The lowest BCUT2D eigenvalue weighted by Gasteiger charge is -2.36. The maximum absolute atomic E-state index is 5.57. The lowest BCUT2D eigenvalue weighted by atomic mass is 10.3. The molecule has 0 atom stereocenters. The fourth-order valence-corrected chi connectivity index (χ4v) is 4.28. The van der Waals surface area contributed by atoms with Gasteiger partial charge in [0.05, 0.1) is 13.2 Å². The quantitative estimate of drug-likeness (QED) is 0.258. The van der Waals surface area contributed by atoms with Crippen molar-refractivity contribution in [3.8, 4) is 0 Å². The molecule has 2 aromatic heterocycles. The van der Waals surface area contributed by atoms with Crippen LogP contribution in [0.5, 0.6) is 0 Å². The van der Waals surface area contributed by atoms with E-state index in [1.165, 1.54) is 0 Å². The Balaban J connectivity index is 1.37. The van der Waals surface area contributed by atoms with Crippen LogP contribution in [0.15, 0.2) is 29.5 Å². The predicted octanol–water partition coefficient (Wildman–Crippen LogP) is 1.07. The average molecular weight is 499 g/mol. The number of anilines is 2. The maximum atomic E-state index is 5.57. The molecule has 0 bridgehead atoms. The van der Waals surface area contributed by atoms with Gasteiger partial charge in [-0.3, -0.25) is 10.2 Å². The molecule has 0 spiro atoms. The van der Waals surface area contributed by atoms with Gasteiger partial charge in [0.2, 0.25) is 17.9 Å². The van der Waals surface area contributed by atoms with Crippen molar-refractivity contribution in [2.45, 2.75) is 20.3 Å². The van der Waals surface area contributed by atoms with Crippen molar-refractivity contribution < 1.29 is 4.74 Å². The Morgan fingerprint density at radius 1 is 1.03 bits per heavy atom. The first-order valence-corrected chi connectivity index (χ1v) is 12.5. The van der Waals surface area contributed by atoms with Crippen LogP contribution in [-0.2, 0) is 4.74 Å². The van der Waals surface area contributed by atoms with Crippen molar-refractivity contribution in [1.29, 1.82) is 0 Å². The summed E-state index contributed by atoms with van der Waals surface area (Å²) >= 11 is 5.57. The number of ether oxygens (including phenoxy) is 1. The number of aromatic nitrogens is 4. The number of piperazine rings is 1. The number of thiocarbonyl (C=S) groups is 1. The molecule has 35 heavy (non-hydrogen) atoms. The van der Waals surface area contributed by atoms with E-state index in [2.05, 4.69) is 45.3 Å². The van der Waals surface area contributed by atoms with Gasteiger partial charge in [-0.2, -0.15) is 4.99 Å². The van der Waals surface area contributed by atoms with Gasteiger partial charge in [0.15, 0.2) is 5.11 Å². The molecule has 11 nitrogen and oxygen atoms in total. The van der Waals surface area contributed by atoms with Crippen LogP contribution in [-0.4, -0.2) is 106 Å². The molecule has 2 aliphatic heterocycles. The highest BCUT2D eigenvalue weighted by Crippen LogP contribution is 2.12. The maximum Gasteiger partial charge on any atom is 0.229 e. The highest BCUT2D eigenvalue weighted by Gasteiger charge is 2.22. The summed E-state index contributed by atoms with van der Waals surface area (Å²) in [5, 5.41) is 7.05. The smallest absolute Gasteiger partial charge is 0.229 e. The first-order valence-electron chi connectivity index (χ1n) is 12.1. The second kappa shape index (κ2) is 12.7. The summed E-state index contributed by atoms with van der Waals surface area (Å²) in [5.41, 5.74) is 1.79. The van der Waals surface area contributed by atoms with Crippen molar-refractivity contribution in [2.75, 3.05) is 75.8 Å². The van der Waals surface area contributed by atoms with E-state index in [1.54, 1.807) is 12.4 Å². The van der Waals surface area contributed by atoms with Gasteiger partial charge in [0.25, 0.3) is 0 Å². The SMILES string of the molecule is Cc1cc(C)nc(N/C(=N/C(=S)NCCCN2CCOCC2)N2CCN(c3ncccn3)CC2)n1. The van der Waals surface area contributed by atoms with E-state index in [0.717, 1.165) is 89.3 Å². The van der Waals surface area contributed by atoms with Crippen LogP contribution < -0.4 is 15.5 Å². The summed E-state index contributed by atoms with van der Waals surface area (Å²) < 4.78 is 5.41. The molecule has 12 heteroatoms. The molecule has 0 aliphatic carbocycles. The standard InChI is InChI=1S/C23H34N10OS/c1-18-17-19(2)28-20(27-18)29-22(30-23(35)26-7-4-8-31-13-15-34-16-14-31)33-11-9-32(10-12-33)21-24-5-3-6-25-21/h3,5-6,17H,4,7-16H2,1-2H3,(H2,26,27,28,29,30,35). The number of aryl methyl sites for hydroxylation is 2. The van der Waals surface area contributed by atoms with Gasteiger partial charge >= 0.3 is 0 Å². The molecule has 4 heterocycles. The van der Waals surface area contributed by atoms with Crippen LogP contribution in [0.25, 0.3) is 0 Å². The number of morpholine rings is 1. The van der Waals surface area contributed by atoms with Crippen LogP contribution in [0.1, 0.15) is 17.8 Å². The zero-order valence-corrected chi connectivity index (χ0v) is 21.3. The third-order valence-electron chi connectivity index (χ3n) is 5.86. The molecule has 0 radical (unpaired) electrons. The second-order valence-electron chi connectivity index (χ2n) is 8.60. The van der Waals surface area contributed by atoms with E-state index in [1.807, 2.05) is 26.0 Å². The molecule has 0 aromatic carbocycles. The number of nitrogens with one attached hydrogen (secondary N) is 2. The zero-order chi connectivity index (χ0) is 24.5. The van der Waals surface area contributed by atoms with Gasteiger partial charge in [-0.25, -0.2) is 19.9 Å². The normalized spacial score (nSPS) is 17.4. The van der Waals surface area contributed by atoms with Gasteiger partial charge in [-0.15, -0.1) is 0 Å². The minimum atomic E-state index is 0.452. The fraction of sp³-hybridized carbons (Fsp3) is 0.565. The van der Waals surface area contributed by atoms with Crippen LogP contribution >= 0.6 is 12.2 Å². The Kier molecular flexibility index (Phi) is 9.09. The molecule has 188 valence electrons. The summed E-state index contributed by atoms with van der Waals surface area (Å²) in [6.07, 6.45) is 4.53. The lowest BCUT2D eigenvalue weighted by Crippen LogP contribution is -2.51. The third kappa shape index (κ3) is 7.77. The van der Waals surface area contributed by atoms with Crippen molar-refractivity contribution in [3.63, 3.8) is 0 Å². The first kappa shape index (κ1) is 25.1. The van der Waals surface area contributed by atoms with Crippen molar-refractivity contribution in [3.05, 3.63) is 35.9 Å². The number of rotatable bonds is 6. The van der Waals surface area contributed by atoms with Crippen LogP contribution in [0, 0.1) is 13.8 Å². The van der Waals surface area contributed by atoms with Crippen LogP contribution in [0.4, 0.5) is 11.9 Å². The Bertz CT molecular complexity index is 971. The minimum Gasteiger partial charge on any atom is -0.379 e. The van der Waals surface area contributed by atoms with Crippen molar-refractivity contribution in [2.24, 2.45) is 4.99 Å². The Labute approximate surface area is 212 Å². The molecular weight excluding hydrogens is 464 g/mol. The number of hydrogen-bond donors (Lipinski definition) is 2. The molecule has 0 saturated carbocycles. The summed E-state index contributed by atoms with van der Waals surface area (Å²) in [4.78, 5) is 29.3. The van der Waals surface area contributed by atoms with Gasteiger partial charge in [0, 0.05) is 69.6 Å². The molecule has 2 N–H and O–H groups in total. The Hall–Kier alpha value is -2.96. The largest absolute Gasteiger partial charge is 0.379 e.